The molecule has 0 fully saturated rings. The zero-order chi connectivity index (χ0) is 8.10. The number of carbonyl (C=O) groups excluding carboxylic acids is 1. The third-order valence-corrected chi connectivity index (χ3v) is 1.41. The molecule has 0 saturated carbocycles. The minimum absolute atomic E-state index is 0.0421. The Morgan fingerprint density at radius 3 is 3.09 bits per heavy atom. The van der Waals surface area contributed by atoms with Crippen molar-refractivity contribution in [2.24, 2.45) is 0 Å². The fraction of sp³-hybridized carbons (Fsp3) is 0.429. The van der Waals surface area contributed by atoms with Crippen LogP contribution >= 0.6 is 0 Å². The number of nitrogens with zero attached hydrogens (tertiary/aromatic N) is 2. The van der Waals surface area contributed by atoms with Gasteiger partial charge < -0.3 is 5.32 Å². The van der Waals surface area contributed by atoms with Gasteiger partial charge in [-0.3, -0.25) is 9.48 Å². The third kappa shape index (κ3) is 2.41. The van der Waals surface area contributed by atoms with Gasteiger partial charge in [-0.2, -0.15) is 5.10 Å². The van der Waals surface area contributed by atoms with Crippen molar-refractivity contribution in [3.05, 3.63) is 18.5 Å². The van der Waals surface area contributed by atoms with Gasteiger partial charge >= 0.3 is 0 Å². The van der Waals surface area contributed by atoms with Crippen molar-refractivity contribution < 1.29 is 4.79 Å². The predicted molar refractivity (Wildman–Crippen MR) is 40.9 cm³/mol. The van der Waals surface area contributed by atoms with Crippen LogP contribution in [0.1, 0.15) is 6.42 Å². The quantitative estimate of drug-likeness (QED) is 0.665. The highest BCUT2D eigenvalue weighted by atomic mass is 16.1. The van der Waals surface area contributed by atoms with Crippen LogP contribution < -0.4 is 5.32 Å². The average molecular weight is 153 g/mol. The molecule has 4 heteroatoms. The molecule has 0 atom stereocenters. The maximum atomic E-state index is 10.8. The summed E-state index contributed by atoms with van der Waals surface area (Å²) in [5.41, 5.74) is 0. The van der Waals surface area contributed by atoms with Gasteiger partial charge in [-0.05, 0) is 6.07 Å². The Balaban J connectivity index is 2.29. The lowest BCUT2D eigenvalue weighted by atomic mass is 10.4. The SMILES string of the molecule is CNC(=O)CCn1cccn1. The first-order valence-electron chi connectivity index (χ1n) is 3.51. The number of carbonyl (C=O) groups is 1. The molecule has 1 rings (SSSR count). The summed E-state index contributed by atoms with van der Waals surface area (Å²) in [4.78, 5) is 10.8. The fourth-order valence-electron chi connectivity index (χ4n) is 0.774. The molecule has 0 bridgehead atoms. The number of nitrogens with one attached hydrogen (secondary N) is 1. The average Bonchev–Trinajstić information content (AvgIpc) is 2.52. The zero-order valence-corrected chi connectivity index (χ0v) is 6.45. The van der Waals surface area contributed by atoms with Crippen LogP contribution in [0.4, 0.5) is 0 Å². The number of rotatable bonds is 3. The molecule has 0 aromatic carbocycles. The number of amides is 1. The van der Waals surface area contributed by atoms with Crippen LogP contribution in [0.5, 0.6) is 0 Å². The van der Waals surface area contributed by atoms with Gasteiger partial charge in [0.1, 0.15) is 0 Å². The summed E-state index contributed by atoms with van der Waals surface area (Å²) in [6.45, 7) is 0.646. The second-order valence-electron chi connectivity index (χ2n) is 2.19. The van der Waals surface area contributed by atoms with Crippen LogP contribution in [-0.4, -0.2) is 22.7 Å². The van der Waals surface area contributed by atoms with Crippen molar-refractivity contribution in [2.75, 3.05) is 7.05 Å². The Labute approximate surface area is 65.2 Å². The monoisotopic (exact) mass is 153 g/mol. The van der Waals surface area contributed by atoms with Crippen molar-refractivity contribution >= 4 is 5.91 Å². The van der Waals surface area contributed by atoms with Gasteiger partial charge in [0.15, 0.2) is 0 Å². The van der Waals surface area contributed by atoms with Crippen molar-refractivity contribution in [3.63, 3.8) is 0 Å². The van der Waals surface area contributed by atoms with Gasteiger partial charge in [-0.15, -0.1) is 0 Å². The Morgan fingerprint density at radius 1 is 1.73 bits per heavy atom. The van der Waals surface area contributed by atoms with Crippen LogP contribution in [-0.2, 0) is 11.3 Å². The molecule has 1 heterocycles. The molecule has 0 unspecified atom stereocenters. The molecule has 1 aromatic heterocycles. The first kappa shape index (κ1) is 7.78. The van der Waals surface area contributed by atoms with Gasteiger partial charge in [0.2, 0.25) is 5.91 Å². The Morgan fingerprint density at radius 2 is 2.55 bits per heavy atom. The van der Waals surface area contributed by atoms with Gasteiger partial charge in [0, 0.05) is 32.4 Å². The van der Waals surface area contributed by atoms with Crippen molar-refractivity contribution in [2.45, 2.75) is 13.0 Å². The number of aromatic nitrogens is 2. The van der Waals surface area contributed by atoms with Crippen LogP contribution in [0.2, 0.25) is 0 Å². The lowest BCUT2D eigenvalue weighted by molar-refractivity contribution is -0.120. The largest absolute Gasteiger partial charge is 0.359 e. The van der Waals surface area contributed by atoms with E-state index < -0.39 is 0 Å². The molecule has 0 aliphatic carbocycles. The third-order valence-electron chi connectivity index (χ3n) is 1.41. The first-order chi connectivity index (χ1) is 5.33. The van der Waals surface area contributed by atoms with E-state index in [4.69, 9.17) is 0 Å². The smallest absolute Gasteiger partial charge is 0.221 e. The molecule has 1 amide bonds. The summed E-state index contributed by atoms with van der Waals surface area (Å²) in [5.74, 6) is 0.0421. The second kappa shape index (κ2) is 3.75. The highest BCUT2D eigenvalue weighted by molar-refractivity contribution is 5.75. The molecule has 4 nitrogen and oxygen atoms in total. The molecule has 0 radical (unpaired) electrons. The zero-order valence-electron chi connectivity index (χ0n) is 6.45. The molecule has 60 valence electrons. The molecule has 1 N–H and O–H groups in total. The van der Waals surface area contributed by atoms with E-state index in [1.807, 2.05) is 12.3 Å². The summed E-state index contributed by atoms with van der Waals surface area (Å²) < 4.78 is 1.73. The van der Waals surface area contributed by atoms with E-state index in [2.05, 4.69) is 10.4 Å². The number of hydrogen-bond donors (Lipinski definition) is 1. The minimum atomic E-state index is 0.0421. The molecular weight excluding hydrogens is 142 g/mol. The summed E-state index contributed by atoms with van der Waals surface area (Å²) in [6.07, 6.45) is 4.02. The predicted octanol–water partition coefficient (Wildman–Crippen LogP) is 0.0192. The van der Waals surface area contributed by atoms with Crippen LogP contribution in [0.15, 0.2) is 18.5 Å². The lowest BCUT2D eigenvalue weighted by Gasteiger charge is -1.99. The normalized spacial score (nSPS) is 9.55. The van der Waals surface area contributed by atoms with Crippen molar-refractivity contribution in [1.82, 2.24) is 15.1 Å². The van der Waals surface area contributed by atoms with E-state index in [0.717, 1.165) is 0 Å². The first-order valence-corrected chi connectivity index (χ1v) is 3.51. The molecule has 11 heavy (non-hydrogen) atoms. The lowest BCUT2D eigenvalue weighted by Crippen LogP contribution is -2.19. The van der Waals surface area contributed by atoms with E-state index >= 15 is 0 Å². The molecular formula is C7H11N3O. The summed E-state index contributed by atoms with van der Waals surface area (Å²) in [5, 5.41) is 6.51. The summed E-state index contributed by atoms with van der Waals surface area (Å²) >= 11 is 0. The van der Waals surface area contributed by atoms with E-state index in [9.17, 15) is 4.79 Å². The standard InChI is InChI=1S/C7H11N3O/c1-8-7(11)3-6-10-5-2-4-9-10/h2,4-5H,3,6H2,1H3,(H,8,11). The van der Waals surface area contributed by atoms with Crippen LogP contribution in [0, 0.1) is 0 Å². The van der Waals surface area contributed by atoms with Crippen molar-refractivity contribution in [1.29, 1.82) is 0 Å². The molecule has 0 saturated heterocycles. The highest BCUT2D eigenvalue weighted by Crippen LogP contribution is 1.88. The van der Waals surface area contributed by atoms with Crippen LogP contribution in [0.3, 0.4) is 0 Å². The highest BCUT2D eigenvalue weighted by Gasteiger charge is 1.97. The van der Waals surface area contributed by atoms with Gasteiger partial charge in [0.05, 0.1) is 0 Å². The maximum Gasteiger partial charge on any atom is 0.221 e. The maximum absolute atomic E-state index is 10.8. The van der Waals surface area contributed by atoms with Crippen LogP contribution in [0.25, 0.3) is 0 Å². The topological polar surface area (TPSA) is 46.9 Å². The molecule has 1 aromatic rings. The summed E-state index contributed by atoms with van der Waals surface area (Å²) in [7, 11) is 1.63. The van der Waals surface area contributed by atoms with Gasteiger partial charge in [-0.25, -0.2) is 0 Å². The van der Waals surface area contributed by atoms with E-state index in [-0.39, 0.29) is 5.91 Å². The van der Waals surface area contributed by atoms with E-state index in [1.165, 1.54) is 0 Å². The molecule has 0 aliphatic rings. The van der Waals surface area contributed by atoms with E-state index in [1.54, 1.807) is 17.9 Å². The van der Waals surface area contributed by atoms with E-state index in [0.29, 0.717) is 13.0 Å². The second-order valence-corrected chi connectivity index (χ2v) is 2.19. The van der Waals surface area contributed by atoms with Gasteiger partial charge in [-0.1, -0.05) is 0 Å². The van der Waals surface area contributed by atoms with Crippen molar-refractivity contribution in [3.8, 4) is 0 Å². The van der Waals surface area contributed by atoms with Gasteiger partial charge in [0.25, 0.3) is 0 Å². The number of aryl methyl sites for hydroxylation is 1. The minimum Gasteiger partial charge on any atom is -0.359 e. The molecule has 0 aliphatic heterocycles. The number of hydrogen-bond acceptors (Lipinski definition) is 2. The Kier molecular flexibility index (Phi) is 2.66. The molecule has 0 spiro atoms. The Bertz CT molecular complexity index is 218. The Hall–Kier alpha value is -1.32. The summed E-state index contributed by atoms with van der Waals surface area (Å²) in [6, 6.07) is 1.84. The fourth-order valence-corrected chi connectivity index (χ4v) is 0.774.